The Balaban J connectivity index is 1.54. The average Bonchev–Trinajstić information content (AvgIpc) is 3.14. The van der Waals surface area contributed by atoms with E-state index in [1.165, 1.54) is 24.3 Å². The minimum atomic E-state index is -4.34. The molecular weight excluding hydrogens is 365 g/mol. The van der Waals surface area contributed by atoms with E-state index in [2.05, 4.69) is 0 Å². The van der Waals surface area contributed by atoms with Crippen LogP contribution in [0.15, 0.2) is 29.2 Å². The van der Waals surface area contributed by atoms with Crippen LogP contribution in [-0.4, -0.2) is 53.3 Å². The maximum atomic E-state index is 12.5. The zero-order valence-electron chi connectivity index (χ0n) is 14.3. The highest BCUT2D eigenvalue weighted by molar-refractivity contribution is 8.00. The number of rotatable bonds is 3. The van der Waals surface area contributed by atoms with Crippen molar-refractivity contribution in [3.05, 3.63) is 29.8 Å². The molecule has 2 amide bonds. The molecular formula is C18H21F3N2O2S. The van der Waals surface area contributed by atoms with Crippen molar-refractivity contribution in [2.24, 2.45) is 5.92 Å². The van der Waals surface area contributed by atoms with E-state index in [4.69, 9.17) is 0 Å². The molecule has 0 unspecified atom stereocenters. The van der Waals surface area contributed by atoms with Crippen LogP contribution in [0.2, 0.25) is 0 Å². The molecule has 0 radical (unpaired) electrons. The number of hydrogen-bond donors (Lipinski definition) is 0. The van der Waals surface area contributed by atoms with Crippen LogP contribution in [0.1, 0.15) is 36.0 Å². The van der Waals surface area contributed by atoms with E-state index in [1.807, 2.05) is 4.90 Å². The van der Waals surface area contributed by atoms with Crippen molar-refractivity contribution in [2.75, 3.05) is 26.2 Å². The Morgan fingerprint density at radius 2 is 1.46 bits per heavy atom. The Labute approximate surface area is 154 Å². The molecule has 142 valence electrons. The molecule has 1 saturated heterocycles. The van der Waals surface area contributed by atoms with Crippen LogP contribution >= 0.6 is 11.8 Å². The summed E-state index contributed by atoms with van der Waals surface area (Å²) in [4.78, 5) is 28.5. The van der Waals surface area contributed by atoms with E-state index in [1.54, 1.807) is 4.90 Å². The summed E-state index contributed by atoms with van der Waals surface area (Å²) < 4.78 is 37.1. The summed E-state index contributed by atoms with van der Waals surface area (Å²) in [6.45, 7) is 1.94. The van der Waals surface area contributed by atoms with Gasteiger partial charge in [0.15, 0.2) is 0 Å². The zero-order valence-corrected chi connectivity index (χ0v) is 15.1. The molecule has 2 aliphatic rings. The maximum absolute atomic E-state index is 12.5. The lowest BCUT2D eigenvalue weighted by Gasteiger charge is -2.36. The third-order valence-corrected chi connectivity index (χ3v) is 5.66. The normalized spacial score (nSPS) is 19.0. The number of carbonyl (C=O) groups is 2. The topological polar surface area (TPSA) is 40.6 Å². The number of amides is 2. The summed E-state index contributed by atoms with van der Waals surface area (Å²) in [7, 11) is 0. The molecule has 4 nitrogen and oxygen atoms in total. The smallest absolute Gasteiger partial charge is 0.339 e. The summed E-state index contributed by atoms with van der Waals surface area (Å²) >= 11 is -0.197. The van der Waals surface area contributed by atoms with E-state index in [0.717, 1.165) is 25.7 Å². The molecule has 0 atom stereocenters. The minimum Gasteiger partial charge on any atom is -0.339 e. The van der Waals surface area contributed by atoms with Crippen molar-refractivity contribution >= 4 is 23.6 Å². The van der Waals surface area contributed by atoms with E-state index in [-0.39, 0.29) is 34.4 Å². The standard InChI is InChI=1S/C18H21F3N2O2S/c19-18(20,21)26-15-7-5-14(6-8-15)17(25)23-11-9-22(10-12-23)16(24)13-3-1-2-4-13/h5-8,13H,1-4,9-12H2. The van der Waals surface area contributed by atoms with E-state index >= 15 is 0 Å². The second-order valence-corrected chi connectivity index (χ2v) is 7.81. The SMILES string of the molecule is O=C(c1ccc(SC(F)(F)F)cc1)N1CCN(C(=O)C2CCCC2)CC1. The van der Waals surface area contributed by atoms with Gasteiger partial charge < -0.3 is 9.80 Å². The number of thioether (sulfide) groups is 1. The first-order valence-electron chi connectivity index (χ1n) is 8.77. The van der Waals surface area contributed by atoms with Gasteiger partial charge in [-0.05, 0) is 48.9 Å². The second kappa shape index (κ2) is 7.90. The maximum Gasteiger partial charge on any atom is 0.446 e. The van der Waals surface area contributed by atoms with Crippen LogP contribution < -0.4 is 0 Å². The van der Waals surface area contributed by atoms with E-state index in [0.29, 0.717) is 31.7 Å². The average molecular weight is 386 g/mol. The zero-order chi connectivity index (χ0) is 18.7. The predicted octanol–water partition coefficient (Wildman–Crippen LogP) is 3.77. The Kier molecular flexibility index (Phi) is 5.79. The molecule has 0 bridgehead atoms. The van der Waals surface area contributed by atoms with Crippen LogP contribution in [-0.2, 0) is 4.79 Å². The van der Waals surface area contributed by atoms with Gasteiger partial charge in [-0.25, -0.2) is 0 Å². The highest BCUT2D eigenvalue weighted by Crippen LogP contribution is 2.36. The number of halogens is 3. The van der Waals surface area contributed by atoms with Crippen molar-refractivity contribution < 1.29 is 22.8 Å². The van der Waals surface area contributed by atoms with Crippen LogP contribution in [0, 0.1) is 5.92 Å². The van der Waals surface area contributed by atoms with Crippen molar-refractivity contribution in [3.8, 4) is 0 Å². The van der Waals surface area contributed by atoms with Gasteiger partial charge in [0, 0.05) is 42.6 Å². The Bertz CT molecular complexity index is 649. The Morgan fingerprint density at radius 3 is 2.00 bits per heavy atom. The van der Waals surface area contributed by atoms with Gasteiger partial charge in [-0.2, -0.15) is 13.2 Å². The molecule has 0 aromatic heterocycles. The summed E-state index contributed by atoms with van der Waals surface area (Å²) in [6, 6.07) is 5.47. The molecule has 0 N–H and O–H groups in total. The minimum absolute atomic E-state index is 0.0565. The van der Waals surface area contributed by atoms with Gasteiger partial charge >= 0.3 is 5.51 Å². The lowest BCUT2D eigenvalue weighted by molar-refractivity contribution is -0.136. The Morgan fingerprint density at radius 1 is 0.923 bits per heavy atom. The number of hydrogen-bond acceptors (Lipinski definition) is 3. The molecule has 1 aromatic carbocycles. The molecule has 3 rings (SSSR count). The van der Waals surface area contributed by atoms with E-state index < -0.39 is 5.51 Å². The number of benzene rings is 1. The summed E-state index contributed by atoms with van der Waals surface area (Å²) in [5, 5.41) is 0. The molecule has 0 spiro atoms. The second-order valence-electron chi connectivity index (χ2n) is 6.67. The monoisotopic (exact) mass is 386 g/mol. The number of alkyl halides is 3. The van der Waals surface area contributed by atoms with Crippen LogP contribution in [0.25, 0.3) is 0 Å². The quantitative estimate of drug-likeness (QED) is 0.743. The van der Waals surface area contributed by atoms with Gasteiger partial charge in [-0.1, -0.05) is 12.8 Å². The predicted molar refractivity (Wildman–Crippen MR) is 92.8 cm³/mol. The highest BCUT2D eigenvalue weighted by atomic mass is 32.2. The van der Waals surface area contributed by atoms with Gasteiger partial charge in [-0.3, -0.25) is 9.59 Å². The first kappa shape index (κ1) is 19.1. The summed E-state index contributed by atoms with van der Waals surface area (Å²) in [6.07, 6.45) is 4.13. The number of carbonyl (C=O) groups excluding carboxylic acids is 2. The third-order valence-electron chi connectivity index (χ3n) is 4.92. The Hall–Kier alpha value is -1.70. The highest BCUT2D eigenvalue weighted by Gasteiger charge is 2.31. The van der Waals surface area contributed by atoms with Crippen molar-refractivity contribution in [1.29, 1.82) is 0 Å². The van der Waals surface area contributed by atoms with Gasteiger partial charge in [0.2, 0.25) is 5.91 Å². The lowest BCUT2D eigenvalue weighted by Crippen LogP contribution is -2.51. The molecule has 1 aliphatic heterocycles. The van der Waals surface area contributed by atoms with Crippen LogP contribution in [0.3, 0.4) is 0 Å². The fourth-order valence-corrected chi connectivity index (χ4v) is 4.08. The van der Waals surface area contributed by atoms with Crippen molar-refractivity contribution in [3.63, 3.8) is 0 Å². The van der Waals surface area contributed by atoms with Gasteiger partial charge in [0.25, 0.3) is 5.91 Å². The van der Waals surface area contributed by atoms with E-state index in [9.17, 15) is 22.8 Å². The van der Waals surface area contributed by atoms with Crippen molar-refractivity contribution in [2.45, 2.75) is 36.1 Å². The van der Waals surface area contributed by atoms with Gasteiger partial charge in [-0.15, -0.1) is 0 Å². The number of piperazine rings is 1. The molecule has 1 saturated carbocycles. The van der Waals surface area contributed by atoms with Gasteiger partial charge in [0.1, 0.15) is 0 Å². The molecule has 8 heteroatoms. The molecule has 1 aliphatic carbocycles. The van der Waals surface area contributed by atoms with Crippen LogP contribution in [0.4, 0.5) is 13.2 Å². The third kappa shape index (κ3) is 4.72. The van der Waals surface area contributed by atoms with Crippen LogP contribution in [0.5, 0.6) is 0 Å². The summed E-state index contributed by atoms with van der Waals surface area (Å²) in [5.74, 6) is 0.126. The number of nitrogens with zero attached hydrogens (tertiary/aromatic N) is 2. The molecule has 1 aromatic rings. The largest absolute Gasteiger partial charge is 0.446 e. The van der Waals surface area contributed by atoms with Gasteiger partial charge in [0.05, 0.1) is 0 Å². The van der Waals surface area contributed by atoms with Crippen molar-refractivity contribution in [1.82, 2.24) is 9.80 Å². The first-order valence-corrected chi connectivity index (χ1v) is 9.59. The fourth-order valence-electron chi connectivity index (χ4n) is 3.54. The first-order chi connectivity index (χ1) is 12.3. The molecule has 2 fully saturated rings. The summed E-state index contributed by atoms with van der Waals surface area (Å²) in [5.41, 5.74) is -3.97. The molecule has 26 heavy (non-hydrogen) atoms. The lowest BCUT2D eigenvalue weighted by atomic mass is 10.1. The molecule has 1 heterocycles. The fraction of sp³-hybridized carbons (Fsp3) is 0.556.